The monoisotopic (exact) mass is 337 g/mol. The van der Waals surface area contributed by atoms with Crippen LogP contribution in [0.1, 0.15) is 54.1 Å². The third-order valence-electron chi connectivity index (χ3n) is 5.21. The molecule has 25 heavy (non-hydrogen) atoms. The molecule has 0 unspecified atom stereocenters. The van der Waals surface area contributed by atoms with Gasteiger partial charge in [-0.15, -0.1) is 0 Å². The van der Waals surface area contributed by atoms with Gasteiger partial charge in [0.25, 0.3) is 0 Å². The number of Topliss-reactive ketones (excluding diaryl/α,β-unsaturated/α-hetero) is 1. The lowest BCUT2D eigenvalue weighted by molar-refractivity contribution is 0.0118. The van der Waals surface area contributed by atoms with E-state index in [2.05, 4.69) is 24.0 Å². The highest BCUT2D eigenvalue weighted by molar-refractivity contribution is 5.96. The van der Waals surface area contributed by atoms with E-state index in [1.807, 2.05) is 43.3 Å². The molecule has 0 saturated carbocycles. The Morgan fingerprint density at radius 1 is 1.04 bits per heavy atom. The number of nitrogens with zero attached hydrogens (tertiary/aromatic N) is 1. The molecule has 3 nitrogen and oxygen atoms in total. The van der Waals surface area contributed by atoms with Crippen molar-refractivity contribution in [2.45, 2.75) is 45.1 Å². The van der Waals surface area contributed by atoms with Crippen molar-refractivity contribution < 1.29 is 9.90 Å². The van der Waals surface area contributed by atoms with Crippen molar-refractivity contribution in [3.8, 4) is 0 Å². The van der Waals surface area contributed by atoms with Gasteiger partial charge >= 0.3 is 0 Å². The number of hydrogen-bond donors (Lipinski definition) is 1. The summed E-state index contributed by atoms with van der Waals surface area (Å²) in [5.74, 6) is 0.210. The zero-order valence-electron chi connectivity index (χ0n) is 15.2. The van der Waals surface area contributed by atoms with E-state index in [9.17, 15) is 9.90 Å². The van der Waals surface area contributed by atoms with Gasteiger partial charge in [-0.3, -0.25) is 4.79 Å². The molecule has 1 aliphatic rings. The third kappa shape index (κ3) is 3.93. The van der Waals surface area contributed by atoms with Crippen molar-refractivity contribution in [3.05, 3.63) is 65.2 Å². The molecular weight excluding hydrogens is 310 g/mol. The van der Waals surface area contributed by atoms with Gasteiger partial charge in [0, 0.05) is 30.8 Å². The van der Waals surface area contributed by atoms with Crippen LogP contribution in [0.15, 0.2) is 48.5 Å². The number of anilines is 1. The molecule has 3 rings (SSSR count). The first-order chi connectivity index (χ1) is 12.0. The van der Waals surface area contributed by atoms with Gasteiger partial charge in [-0.25, -0.2) is 0 Å². The number of ketones is 1. The molecule has 3 heteroatoms. The SMILES string of the molecule is CCCC(=O)c1ccc(N2CCC(O)(c3ccc(C)cc3)CC2)cc1. The van der Waals surface area contributed by atoms with Gasteiger partial charge in [-0.2, -0.15) is 0 Å². The van der Waals surface area contributed by atoms with Crippen LogP contribution >= 0.6 is 0 Å². The molecule has 132 valence electrons. The van der Waals surface area contributed by atoms with E-state index in [1.165, 1.54) is 5.56 Å². The van der Waals surface area contributed by atoms with Crippen LogP contribution in [0.3, 0.4) is 0 Å². The number of rotatable bonds is 5. The number of aryl methyl sites for hydroxylation is 1. The Morgan fingerprint density at radius 3 is 2.20 bits per heavy atom. The van der Waals surface area contributed by atoms with Gasteiger partial charge in [0.15, 0.2) is 5.78 Å². The van der Waals surface area contributed by atoms with E-state index < -0.39 is 5.60 Å². The molecule has 1 saturated heterocycles. The van der Waals surface area contributed by atoms with Crippen LogP contribution < -0.4 is 4.90 Å². The maximum Gasteiger partial charge on any atom is 0.162 e. The molecule has 0 radical (unpaired) electrons. The molecule has 1 N–H and O–H groups in total. The predicted octanol–water partition coefficient (Wildman–Crippen LogP) is 4.47. The first-order valence-corrected chi connectivity index (χ1v) is 9.19. The van der Waals surface area contributed by atoms with Crippen LogP contribution in [0, 0.1) is 6.92 Å². The summed E-state index contributed by atoms with van der Waals surface area (Å²) in [6, 6.07) is 16.1. The van der Waals surface area contributed by atoms with Crippen LogP contribution in [0.2, 0.25) is 0 Å². The zero-order valence-corrected chi connectivity index (χ0v) is 15.2. The number of aliphatic hydroxyl groups is 1. The van der Waals surface area contributed by atoms with Crippen LogP contribution in [0.4, 0.5) is 5.69 Å². The average Bonchev–Trinajstić information content (AvgIpc) is 2.63. The smallest absolute Gasteiger partial charge is 0.162 e. The minimum absolute atomic E-state index is 0.210. The fraction of sp³-hybridized carbons (Fsp3) is 0.409. The highest BCUT2D eigenvalue weighted by Crippen LogP contribution is 2.34. The molecule has 0 aliphatic carbocycles. The number of carbonyl (C=O) groups is 1. The lowest BCUT2D eigenvalue weighted by atomic mass is 9.84. The first kappa shape index (κ1) is 17.7. The molecule has 0 bridgehead atoms. The van der Waals surface area contributed by atoms with E-state index in [0.717, 1.165) is 36.3 Å². The fourth-order valence-electron chi connectivity index (χ4n) is 3.52. The van der Waals surface area contributed by atoms with Crippen molar-refractivity contribution >= 4 is 11.5 Å². The topological polar surface area (TPSA) is 40.5 Å². The molecule has 1 aliphatic heterocycles. The van der Waals surface area contributed by atoms with Crippen molar-refractivity contribution in [1.82, 2.24) is 0 Å². The average molecular weight is 337 g/mol. The molecule has 0 aromatic heterocycles. The van der Waals surface area contributed by atoms with Crippen molar-refractivity contribution in [1.29, 1.82) is 0 Å². The largest absolute Gasteiger partial charge is 0.385 e. The number of benzene rings is 2. The van der Waals surface area contributed by atoms with Crippen LogP contribution in [-0.4, -0.2) is 24.0 Å². The second-order valence-corrected chi connectivity index (χ2v) is 7.10. The Labute approximate surface area is 150 Å². The summed E-state index contributed by atoms with van der Waals surface area (Å²) in [6.07, 6.45) is 2.91. The number of hydrogen-bond acceptors (Lipinski definition) is 3. The van der Waals surface area contributed by atoms with E-state index in [1.54, 1.807) is 0 Å². The molecule has 2 aromatic rings. The first-order valence-electron chi connectivity index (χ1n) is 9.19. The van der Waals surface area contributed by atoms with Crippen molar-refractivity contribution in [3.63, 3.8) is 0 Å². The summed E-state index contributed by atoms with van der Waals surface area (Å²) in [4.78, 5) is 14.2. The van der Waals surface area contributed by atoms with Gasteiger partial charge < -0.3 is 10.0 Å². The van der Waals surface area contributed by atoms with Gasteiger partial charge in [-0.1, -0.05) is 36.8 Å². The third-order valence-corrected chi connectivity index (χ3v) is 5.21. The normalized spacial score (nSPS) is 16.7. The predicted molar refractivity (Wildman–Crippen MR) is 102 cm³/mol. The quantitative estimate of drug-likeness (QED) is 0.819. The Bertz CT molecular complexity index is 711. The summed E-state index contributed by atoms with van der Waals surface area (Å²) in [5.41, 5.74) is 3.40. The maximum absolute atomic E-state index is 12.0. The number of carbonyl (C=O) groups excluding carboxylic acids is 1. The second-order valence-electron chi connectivity index (χ2n) is 7.10. The van der Waals surface area contributed by atoms with Crippen LogP contribution in [0.5, 0.6) is 0 Å². The molecular formula is C22H27NO2. The Hall–Kier alpha value is -2.13. The molecule has 2 aromatic carbocycles. The summed E-state index contributed by atoms with van der Waals surface area (Å²) < 4.78 is 0. The number of piperidine rings is 1. The van der Waals surface area contributed by atoms with E-state index in [4.69, 9.17) is 0 Å². The van der Waals surface area contributed by atoms with Crippen molar-refractivity contribution in [2.75, 3.05) is 18.0 Å². The molecule has 1 fully saturated rings. The van der Waals surface area contributed by atoms with Crippen molar-refractivity contribution in [2.24, 2.45) is 0 Å². The van der Waals surface area contributed by atoms with Gasteiger partial charge in [-0.05, 0) is 56.0 Å². The van der Waals surface area contributed by atoms with Gasteiger partial charge in [0.2, 0.25) is 0 Å². The standard InChI is InChI=1S/C22H27NO2/c1-3-4-21(24)18-7-11-20(12-8-18)23-15-13-22(25,14-16-23)19-9-5-17(2)6-10-19/h5-12,25H,3-4,13-16H2,1-2H3. The molecule has 0 spiro atoms. The fourth-order valence-corrected chi connectivity index (χ4v) is 3.52. The van der Waals surface area contributed by atoms with E-state index in [0.29, 0.717) is 19.3 Å². The molecule has 1 heterocycles. The molecule has 0 atom stereocenters. The maximum atomic E-state index is 12.0. The Kier molecular flexibility index (Phi) is 5.24. The highest BCUT2D eigenvalue weighted by Gasteiger charge is 2.33. The van der Waals surface area contributed by atoms with E-state index >= 15 is 0 Å². The van der Waals surface area contributed by atoms with E-state index in [-0.39, 0.29) is 5.78 Å². The van der Waals surface area contributed by atoms with Crippen LogP contribution in [-0.2, 0) is 5.60 Å². The lowest BCUT2D eigenvalue weighted by Crippen LogP contribution is -2.42. The second kappa shape index (κ2) is 7.40. The Morgan fingerprint density at radius 2 is 1.64 bits per heavy atom. The lowest BCUT2D eigenvalue weighted by Gasteiger charge is -2.39. The van der Waals surface area contributed by atoms with Gasteiger partial charge in [0.05, 0.1) is 5.60 Å². The summed E-state index contributed by atoms with van der Waals surface area (Å²) >= 11 is 0. The Balaban J connectivity index is 1.65. The van der Waals surface area contributed by atoms with Gasteiger partial charge in [0.1, 0.15) is 0 Å². The highest BCUT2D eigenvalue weighted by atomic mass is 16.3. The molecule has 0 amide bonds. The zero-order chi connectivity index (χ0) is 17.9. The van der Waals surface area contributed by atoms with Crippen LogP contribution in [0.25, 0.3) is 0 Å². The summed E-state index contributed by atoms with van der Waals surface area (Å²) in [6.45, 7) is 5.71. The minimum atomic E-state index is -0.735. The summed E-state index contributed by atoms with van der Waals surface area (Å²) in [5, 5.41) is 11.0. The summed E-state index contributed by atoms with van der Waals surface area (Å²) in [7, 11) is 0. The minimum Gasteiger partial charge on any atom is -0.385 e.